The van der Waals surface area contributed by atoms with Crippen molar-refractivity contribution in [3.8, 4) is 5.69 Å². The quantitative estimate of drug-likeness (QED) is 0.742. The summed E-state index contributed by atoms with van der Waals surface area (Å²) in [5.74, 6) is -0.0809. The summed E-state index contributed by atoms with van der Waals surface area (Å²) in [7, 11) is 0. The van der Waals surface area contributed by atoms with Crippen molar-refractivity contribution < 1.29 is 9.59 Å². The maximum absolute atomic E-state index is 12.0. The lowest BCUT2D eigenvalue weighted by atomic mass is 10.1. The number of hydrogen-bond donors (Lipinski definition) is 2. The molecule has 1 aromatic heterocycles. The molecular weight excluding hydrogens is 336 g/mol. The molecule has 7 heteroatoms. The fourth-order valence-corrected chi connectivity index (χ4v) is 3.24. The van der Waals surface area contributed by atoms with E-state index < -0.39 is 0 Å². The molecule has 2 aromatic rings. The molecule has 0 spiro atoms. The van der Waals surface area contributed by atoms with Crippen LogP contribution in [-0.2, 0) is 9.59 Å². The number of rotatable bonds is 7. The fourth-order valence-electron chi connectivity index (χ4n) is 2.44. The van der Waals surface area contributed by atoms with Gasteiger partial charge in [0.25, 0.3) is 0 Å². The summed E-state index contributed by atoms with van der Waals surface area (Å²) in [5.41, 5.74) is 3.45. The first-order chi connectivity index (χ1) is 12.0. The van der Waals surface area contributed by atoms with Crippen molar-refractivity contribution in [3.05, 3.63) is 41.7 Å². The van der Waals surface area contributed by atoms with Gasteiger partial charge in [0.2, 0.25) is 11.8 Å². The van der Waals surface area contributed by atoms with Gasteiger partial charge in [-0.15, -0.1) is 0 Å². The molecule has 0 aliphatic heterocycles. The highest BCUT2D eigenvalue weighted by Gasteiger charge is 2.23. The number of carbonyl (C=O) groups is 2. The third kappa shape index (κ3) is 4.63. The van der Waals surface area contributed by atoms with E-state index in [9.17, 15) is 9.59 Å². The predicted octanol–water partition coefficient (Wildman–Crippen LogP) is 1.98. The first-order valence-corrected chi connectivity index (χ1v) is 9.32. The standard InChI is InChI=1S/C18H22N4O2S/c1-12-4-3-5-15(13(12)2)22-9-8-19-18(22)25-11-17(24)20-10-16(23)21-14-6-7-14/h3-5,8-9,14H,6-7,10-11H2,1-2H3,(H,20,24)(H,21,23). The number of nitrogens with one attached hydrogen (secondary N) is 2. The van der Waals surface area contributed by atoms with Crippen LogP contribution in [0.4, 0.5) is 0 Å². The average molecular weight is 358 g/mol. The lowest BCUT2D eigenvalue weighted by Crippen LogP contribution is -2.38. The van der Waals surface area contributed by atoms with Gasteiger partial charge in [-0.1, -0.05) is 23.9 Å². The SMILES string of the molecule is Cc1cccc(-n2ccnc2SCC(=O)NCC(=O)NC2CC2)c1C. The number of imidazole rings is 1. The van der Waals surface area contributed by atoms with Gasteiger partial charge in [-0.3, -0.25) is 14.2 Å². The number of aromatic nitrogens is 2. The van der Waals surface area contributed by atoms with Crippen LogP contribution >= 0.6 is 11.8 Å². The summed E-state index contributed by atoms with van der Waals surface area (Å²) in [5, 5.41) is 6.25. The van der Waals surface area contributed by atoms with E-state index in [4.69, 9.17) is 0 Å². The van der Waals surface area contributed by atoms with E-state index in [1.54, 1.807) is 6.20 Å². The van der Waals surface area contributed by atoms with Crippen LogP contribution < -0.4 is 10.6 Å². The Morgan fingerprint density at radius 2 is 2.08 bits per heavy atom. The minimum atomic E-state index is -0.175. The Labute approximate surface area is 151 Å². The van der Waals surface area contributed by atoms with Crippen LogP contribution in [0, 0.1) is 13.8 Å². The van der Waals surface area contributed by atoms with Crippen molar-refractivity contribution >= 4 is 23.6 Å². The molecule has 6 nitrogen and oxygen atoms in total. The summed E-state index contributed by atoms with van der Waals surface area (Å²) in [6.45, 7) is 4.17. The Morgan fingerprint density at radius 3 is 2.84 bits per heavy atom. The van der Waals surface area contributed by atoms with E-state index in [1.165, 1.54) is 22.9 Å². The van der Waals surface area contributed by atoms with Crippen molar-refractivity contribution in [3.63, 3.8) is 0 Å². The Hall–Kier alpha value is -2.28. The first kappa shape index (κ1) is 17.5. The largest absolute Gasteiger partial charge is 0.352 e. The van der Waals surface area contributed by atoms with E-state index in [1.807, 2.05) is 22.9 Å². The average Bonchev–Trinajstić information content (AvgIpc) is 3.28. The van der Waals surface area contributed by atoms with Crippen molar-refractivity contribution in [2.45, 2.75) is 37.9 Å². The second kappa shape index (κ2) is 7.74. The number of amides is 2. The van der Waals surface area contributed by atoms with Gasteiger partial charge in [0.15, 0.2) is 5.16 Å². The van der Waals surface area contributed by atoms with Gasteiger partial charge >= 0.3 is 0 Å². The molecule has 0 bridgehead atoms. The van der Waals surface area contributed by atoms with Gasteiger partial charge in [-0.05, 0) is 43.9 Å². The molecule has 1 fully saturated rings. The van der Waals surface area contributed by atoms with Crippen molar-refractivity contribution in [1.29, 1.82) is 0 Å². The number of aryl methyl sites for hydroxylation is 1. The molecule has 0 saturated heterocycles. The molecule has 1 aliphatic rings. The molecule has 1 heterocycles. The number of hydrogen-bond acceptors (Lipinski definition) is 4. The Balaban J connectivity index is 1.55. The number of carbonyl (C=O) groups excluding carboxylic acids is 2. The molecule has 0 unspecified atom stereocenters. The summed E-state index contributed by atoms with van der Waals surface area (Å²) in [4.78, 5) is 27.9. The molecule has 2 amide bonds. The predicted molar refractivity (Wildman–Crippen MR) is 97.9 cm³/mol. The minimum Gasteiger partial charge on any atom is -0.352 e. The lowest BCUT2D eigenvalue weighted by molar-refractivity contribution is -0.124. The Bertz CT molecular complexity index is 783. The molecule has 0 atom stereocenters. The zero-order chi connectivity index (χ0) is 17.8. The molecule has 1 aliphatic carbocycles. The van der Waals surface area contributed by atoms with Crippen LogP contribution in [0.15, 0.2) is 35.7 Å². The fraction of sp³-hybridized carbons (Fsp3) is 0.389. The lowest BCUT2D eigenvalue weighted by Gasteiger charge is -2.12. The van der Waals surface area contributed by atoms with E-state index in [0.717, 1.165) is 23.7 Å². The van der Waals surface area contributed by atoms with Gasteiger partial charge in [0.1, 0.15) is 0 Å². The monoisotopic (exact) mass is 358 g/mol. The third-order valence-corrected chi connectivity index (χ3v) is 5.13. The maximum atomic E-state index is 12.0. The van der Waals surface area contributed by atoms with Crippen molar-refractivity contribution in [2.24, 2.45) is 0 Å². The highest BCUT2D eigenvalue weighted by molar-refractivity contribution is 7.99. The summed E-state index contributed by atoms with van der Waals surface area (Å²) in [6.07, 6.45) is 5.70. The normalized spacial score (nSPS) is 13.5. The van der Waals surface area contributed by atoms with E-state index in [2.05, 4.69) is 35.5 Å². The Kier molecular flexibility index (Phi) is 5.43. The minimum absolute atomic E-state index is 0.0291. The van der Waals surface area contributed by atoms with Crippen LogP contribution in [-0.4, -0.2) is 39.7 Å². The van der Waals surface area contributed by atoms with Crippen LogP contribution in [0.3, 0.4) is 0 Å². The molecule has 2 N–H and O–H groups in total. The topological polar surface area (TPSA) is 76.0 Å². The van der Waals surface area contributed by atoms with E-state index in [-0.39, 0.29) is 24.1 Å². The number of benzene rings is 1. The summed E-state index contributed by atoms with van der Waals surface area (Å²) < 4.78 is 1.99. The van der Waals surface area contributed by atoms with E-state index in [0.29, 0.717) is 6.04 Å². The summed E-state index contributed by atoms with van der Waals surface area (Å²) >= 11 is 1.36. The van der Waals surface area contributed by atoms with Gasteiger partial charge in [0, 0.05) is 18.4 Å². The van der Waals surface area contributed by atoms with Crippen molar-refractivity contribution in [2.75, 3.05) is 12.3 Å². The molecule has 3 rings (SSSR count). The van der Waals surface area contributed by atoms with Crippen LogP contribution in [0.5, 0.6) is 0 Å². The second-order valence-corrected chi connectivity index (χ2v) is 7.15. The molecule has 132 valence electrons. The Morgan fingerprint density at radius 1 is 1.28 bits per heavy atom. The van der Waals surface area contributed by atoms with Gasteiger partial charge in [-0.2, -0.15) is 0 Å². The smallest absolute Gasteiger partial charge is 0.239 e. The molecule has 1 aromatic carbocycles. The highest BCUT2D eigenvalue weighted by Crippen LogP contribution is 2.24. The van der Waals surface area contributed by atoms with Crippen LogP contribution in [0.1, 0.15) is 24.0 Å². The van der Waals surface area contributed by atoms with E-state index >= 15 is 0 Å². The van der Waals surface area contributed by atoms with Gasteiger partial charge in [0.05, 0.1) is 18.0 Å². The molecular formula is C18H22N4O2S. The highest BCUT2D eigenvalue weighted by atomic mass is 32.2. The zero-order valence-electron chi connectivity index (χ0n) is 14.4. The van der Waals surface area contributed by atoms with Crippen LogP contribution in [0.2, 0.25) is 0 Å². The van der Waals surface area contributed by atoms with Gasteiger partial charge in [-0.25, -0.2) is 4.98 Å². The second-order valence-electron chi connectivity index (χ2n) is 6.21. The van der Waals surface area contributed by atoms with Crippen LogP contribution in [0.25, 0.3) is 5.69 Å². The number of thioether (sulfide) groups is 1. The molecule has 25 heavy (non-hydrogen) atoms. The first-order valence-electron chi connectivity index (χ1n) is 8.33. The maximum Gasteiger partial charge on any atom is 0.239 e. The van der Waals surface area contributed by atoms with Crippen molar-refractivity contribution in [1.82, 2.24) is 20.2 Å². The van der Waals surface area contributed by atoms with Gasteiger partial charge < -0.3 is 10.6 Å². The molecule has 0 radical (unpaired) electrons. The molecule has 1 saturated carbocycles. The number of nitrogens with zero attached hydrogens (tertiary/aromatic N) is 2. The summed E-state index contributed by atoms with van der Waals surface area (Å²) in [6, 6.07) is 6.43. The third-order valence-electron chi connectivity index (χ3n) is 4.16. The zero-order valence-corrected chi connectivity index (χ0v) is 15.2.